The number of nitrogens with zero attached hydrogens (tertiary/aromatic N) is 2. The van der Waals surface area contributed by atoms with Gasteiger partial charge in [-0.15, -0.1) is 0 Å². The third-order valence-corrected chi connectivity index (χ3v) is 5.32. The van der Waals surface area contributed by atoms with Crippen LogP contribution in [0.5, 0.6) is 11.5 Å². The number of imidazole rings is 1. The summed E-state index contributed by atoms with van der Waals surface area (Å²) < 4.78 is 7.44. The molecular formula is C25H32N2O2. The van der Waals surface area contributed by atoms with Gasteiger partial charge in [0.05, 0.1) is 19.5 Å². The number of aromatic hydroxyl groups is 1. The third kappa shape index (κ3) is 4.31. The van der Waals surface area contributed by atoms with Gasteiger partial charge < -0.3 is 14.4 Å². The van der Waals surface area contributed by atoms with Crippen LogP contribution in [-0.2, 0) is 10.8 Å². The number of rotatable bonds is 4. The number of benzene rings is 2. The number of aromatic nitrogens is 2. The zero-order valence-corrected chi connectivity index (χ0v) is 18.5. The van der Waals surface area contributed by atoms with E-state index in [1.54, 1.807) is 13.3 Å². The van der Waals surface area contributed by atoms with Crippen molar-refractivity contribution in [1.82, 2.24) is 9.55 Å². The highest BCUT2D eigenvalue weighted by atomic mass is 16.5. The Bertz CT molecular complexity index is 925. The van der Waals surface area contributed by atoms with Gasteiger partial charge in [-0.1, -0.05) is 53.7 Å². The summed E-state index contributed by atoms with van der Waals surface area (Å²) in [6, 6.07) is 12.4. The van der Waals surface area contributed by atoms with Crippen molar-refractivity contribution in [2.24, 2.45) is 0 Å². The van der Waals surface area contributed by atoms with E-state index in [9.17, 15) is 5.11 Å². The molecule has 154 valence electrons. The van der Waals surface area contributed by atoms with Crippen molar-refractivity contribution in [3.63, 3.8) is 0 Å². The lowest BCUT2D eigenvalue weighted by molar-refractivity contribution is 0.414. The molecule has 3 aromatic rings. The molecule has 4 nitrogen and oxygen atoms in total. The van der Waals surface area contributed by atoms with Crippen LogP contribution in [-0.4, -0.2) is 21.8 Å². The first-order chi connectivity index (χ1) is 13.5. The molecule has 0 fully saturated rings. The summed E-state index contributed by atoms with van der Waals surface area (Å²) in [7, 11) is 1.67. The number of hydrogen-bond acceptors (Lipinski definition) is 3. The molecule has 29 heavy (non-hydrogen) atoms. The summed E-state index contributed by atoms with van der Waals surface area (Å²) in [4.78, 5) is 4.28. The summed E-state index contributed by atoms with van der Waals surface area (Å²) in [5.41, 5.74) is 3.81. The van der Waals surface area contributed by atoms with Crippen molar-refractivity contribution in [1.29, 1.82) is 0 Å². The normalized spacial score (nSPS) is 13.3. The molecule has 0 radical (unpaired) electrons. The van der Waals surface area contributed by atoms with E-state index < -0.39 is 0 Å². The molecule has 0 bridgehead atoms. The van der Waals surface area contributed by atoms with Crippen molar-refractivity contribution in [3.05, 3.63) is 77.4 Å². The van der Waals surface area contributed by atoms with E-state index in [2.05, 4.69) is 75.4 Å². The first-order valence-electron chi connectivity index (χ1n) is 10.0. The van der Waals surface area contributed by atoms with Crippen LogP contribution in [0.2, 0.25) is 0 Å². The van der Waals surface area contributed by atoms with Crippen molar-refractivity contribution in [2.75, 3.05) is 7.11 Å². The van der Waals surface area contributed by atoms with Crippen molar-refractivity contribution >= 4 is 0 Å². The molecule has 1 aromatic heterocycles. The van der Waals surface area contributed by atoms with E-state index in [4.69, 9.17) is 4.74 Å². The van der Waals surface area contributed by atoms with E-state index in [1.165, 1.54) is 0 Å². The quantitative estimate of drug-likeness (QED) is 0.608. The van der Waals surface area contributed by atoms with Crippen LogP contribution in [0.15, 0.2) is 55.1 Å². The van der Waals surface area contributed by atoms with Gasteiger partial charge in [-0.05, 0) is 57.3 Å². The SMILES string of the molecule is COc1ccc([C@@H](c2cc(C(C)(C)C)c(O)c(C(C)(C)C)c2)n2ccnc2)cc1. The van der Waals surface area contributed by atoms with E-state index in [1.807, 2.05) is 24.7 Å². The highest BCUT2D eigenvalue weighted by Gasteiger charge is 2.29. The molecule has 0 unspecified atom stereocenters. The molecule has 0 saturated carbocycles. The average Bonchev–Trinajstić information content (AvgIpc) is 3.16. The lowest BCUT2D eigenvalue weighted by atomic mass is 9.77. The first kappa shape index (κ1) is 21.0. The number of hydrogen-bond donors (Lipinski definition) is 1. The largest absolute Gasteiger partial charge is 0.507 e. The maximum atomic E-state index is 11.1. The highest BCUT2D eigenvalue weighted by molar-refractivity contribution is 5.52. The minimum atomic E-state index is -0.181. The van der Waals surface area contributed by atoms with Gasteiger partial charge >= 0.3 is 0 Å². The molecule has 1 atom stereocenters. The maximum absolute atomic E-state index is 11.1. The predicted octanol–water partition coefficient (Wildman–Crippen LogP) is 5.83. The van der Waals surface area contributed by atoms with Crippen molar-refractivity contribution < 1.29 is 9.84 Å². The van der Waals surface area contributed by atoms with Crippen LogP contribution in [0.25, 0.3) is 0 Å². The van der Waals surface area contributed by atoms with Gasteiger partial charge in [-0.2, -0.15) is 0 Å². The number of phenols is 1. The Balaban J connectivity index is 2.27. The first-order valence-corrected chi connectivity index (χ1v) is 10.0. The third-order valence-electron chi connectivity index (χ3n) is 5.32. The minimum Gasteiger partial charge on any atom is -0.507 e. The van der Waals surface area contributed by atoms with E-state index in [0.717, 1.165) is 28.0 Å². The highest BCUT2D eigenvalue weighted by Crippen LogP contribution is 2.42. The standard InChI is InChI=1S/C25H32N2O2/c1-24(2,3)20-14-18(15-21(23(20)28)25(4,5)6)22(27-13-12-26-16-27)17-8-10-19(29-7)11-9-17/h8-16,22,28H,1-7H3/t22-/m0/s1. The Morgan fingerprint density at radius 3 is 1.86 bits per heavy atom. The molecule has 4 heteroatoms. The fraction of sp³-hybridized carbons (Fsp3) is 0.400. The van der Waals surface area contributed by atoms with Gasteiger partial charge in [-0.3, -0.25) is 0 Å². The van der Waals surface area contributed by atoms with Crippen LogP contribution < -0.4 is 4.74 Å². The van der Waals surface area contributed by atoms with Crippen molar-refractivity contribution in [2.45, 2.75) is 58.4 Å². The maximum Gasteiger partial charge on any atom is 0.123 e. The van der Waals surface area contributed by atoms with Crippen LogP contribution >= 0.6 is 0 Å². The molecule has 0 saturated heterocycles. The average molecular weight is 393 g/mol. The van der Waals surface area contributed by atoms with E-state index in [-0.39, 0.29) is 16.9 Å². The van der Waals surface area contributed by atoms with Crippen LogP contribution in [0.3, 0.4) is 0 Å². The Morgan fingerprint density at radius 1 is 0.897 bits per heavy atom. The Kier molecular flexibility index (Phi) is 5.48. The van der Waals surface area contributed by atoms with Crippen LogP contribution in [0.4, 0.5) is 0 Å². The Labute approximate surface area is 174 Å². The van der Waals surface area contributed by atoms with Gasteiger partial charge in [0.25, 0.3) is 0 Å². The van der Waals surface area contributed by atoms with E-state index in [0.29, 0.717) is 5.75 Å². The molecular weight excluding hydrogens is 360 g/mol. The monoisotopic (exact) mass is 392 g/mol. The van der Waals surface area contributed by atoms with Gasteiger partial charge in [0.15, 0.2) is 0 Å². The molecule has 3 rings (SSSR count). The Morgan fingerprint density at radius 2 is 1.45 bits per heavy atom. The molecule has 0 amide bonds. The second kappa shape index (κ2) is 7.58. The van der Waals surface area contributed by atoms with Crippen molar-refractivity contribution in [3.8, 4) is 11.5 Å². The number of phenolic OH excluding ortho intramolecular Hbond substituents is 1. The summed E-state index contributed by atoms with van der Waals surface area (Å²) in [5.74, 6) is 1.22. The zero-order chi connectivity index (χ0) is 21.4. The van der Waals surface area contributed by atoms with Gasteiger partial charge in [-0.25, -0.2) is 4.98 Å². The molecule has 2 aromatic carbocycles. The second-order valence-corrected chi connectivity index (χ2v) is 9.65. The smallest absolute Gasteiger partial charge is 0.123 e. The predicted molar refractivity (Wildman–Crippen MR) is 118 cm³/mol. The van der Waals surface area contributed by atoms with Crippen LogP contribution in [0.1, 0.15) is 69.8 Å². The molecule has 0 aliphatic carbocycles. The fourth-order valence-corrected chi connectivity index (χ4v) is 3.70. The summed E-state index contributed by atoms with van der Waals surface area (Å²) in [6.07, 6.45) is 5.62. The summed E-state index contributed by atoms with van der Waals surface area (Å²) >= 11 is 0. The molecule has 0 aliphatic rings. The number of ether oxygens (including phenoxy) is 1. The van der Waals surface area contributed by atoms with Gasteiger partial charge in [0.2, 0.25) is 0 Å². The van der Waals surface area contributed by atoms with Gasteiger partial charge in [0.1, 0.15) is 11.5 Å². The van der Waals surface area contributed by atoms with Crippen LogP contribution in [0, 0.1) is 0 Å². The molecule has 1 heterocycles. The summed E-state index contributed by atoms with van der Waals surface area (Å²) in [5, 5.41) is 11.1. The van der Waals surface area contributed by atoms with Gasteiger partial charge in [0, 0.05) is 12.4 Å². The second-order valence-electron chi connectivity index (χ2n) is 9.65. The zero-order valence-electron chi connectivity index (χ0n) is 18.5. The fourth-order valence-electron chi connectivity index (χ4n) is 3.70. The Hall–Kier alpha value is -2.75. The molecule has 0 spiro atoms. The number of methoxy groups -OCH3 is 1. The van der Waals surface area contributed by atoms with E-state index >= 15 is 0 Å². The topological polar surface area (TPSA) is 47.3 Å². The lowest BCUT2D eigenvalue weighted by Crippen LogP contribution is -2.20. The molecule has 1 N–H and O–H groups in total. The molecule has 0 aliphatic heterocycles. The lowest BCUT2D eigenvalue weighted by Gasteiger charge is -2.30. The summed E-state index contributed by atoms with van der Waals surface area (Å²) in [6.45, 7) is 12.8. The minimum absolute atomic E-state index is 0.0498.